The lowest BCUT2D eigenvalue weighted by atomic mass is 9.96. The first-order valence-electron chi connectivity index (χ1n) is 6.81. The van der Waals surface area contributed by atoms with Gasteiger partial charge in [0.05, 0.1) is 0 Å². The highest BCUT2D eigenvalue weighted by atomic mass is 79.9. The highest BCUT2D eigenvalue weighted by molar-refractivity contribution is 9.10. The van der Waals surface area contributed by atoms with E-state index in [9.17, 15) is 0 Å². The number of nitrogens with one attached hydrogen (secondary N) is 1. The molecule has 0 aliphatic heterocycles. The number of aromatic nitrogens is 3. The second kappa shape index (κ2) is 6.75. The van der Waals surface area contributed by atoms with Crippen molar-refractivity contribution in [2.75, 3.05) is 11.9 Å². The molecule has 4 nitrogen and oxygen atoms in total. The Kier molecular flexibility index (Phi) is 5.22. The molecule has 0 saturated carbocycles. The van der Waals surface area contributed by atoms with Crippen LogP contribution in [0.4, 0.5) is 5.82 Å². The fourth-order valence-corrected chi connectivity index (χ4v) is 2.61. The smallest absolute Gasteiger partial charge is 0.137 e. The minimum Gasteiger partial charge on any atom is -0.370 e. The van der Waals surface area contributed by atoms with Gasteiger partial charge in [-0.3, -0.25) is 0 Å². The minimum absolute atomic E-state index is 0.0894. The minimum atomic E-state index is -0.0894. The lowest BCUT2D eigenvalue weighted by Crippen LogP contribution is -2.17. The van der Waals surface area contributed by atoms with Crippen molar-refractivity contribution >= 4 is 33.5 Å². The van der Waals surface area contributed by atoms with Crippen LogP contribution < -0.4 is 5.32 Å². The molecule has 0 amide bonds. The van der Waals surface area contributed by atoms with Crippen molar-refractivity contribution in [1.29, 1.82) is 0 Å². The number of pyridine rings is 1. The van der Waals surface area contributed by atoms with E-state index in [2.05, 4.69) is 63.9 Å². The summed E-state index contributed by atoms with van der Waals surface area (Å²) in [6, 6.07) is 5.92. The molecule has 0 spiro atoms. The van der Waals surface area contributed by atoms with Gasteiger partial charge in [0.2, 0.25) is 0 Å². The lowest BCUT2D eigenvalue weighted by Gasteiger charge is -2.18. The van der Waals surface area contributed by atoms with E-state index in [4.69, 9.17) is 0 Å². The molecule has 2 aromatic heterocycles. The van der Waals surface area contributed by atoms with Crippen molar-refractivity contribution in [3.8, 4) is 0 Å². The molecule has 21 heavy (non-hydrogen) atoms. The van der Waals surface area contributed by atoms with Gasteiger partial charge in [-0.15, -0.1) is 0 Å². The van der Waals surface area contributed by atoms with E-state index in [1.807, 2.05) is 18.2 Å². The van der Waals surface area contributed by atoms with Gasteiger partial charge in [-0.1, -0.05) is 20.8 Å². The maximum atomic E-state index is 4.66. The average molecular weight is 367 g/mol. The Hall–Kier alpha value is -1.14. The predicted octanol–water partition coefficient (Wildman–Crippen LogP) is 4.51. The quantitative estimate of drug-likeness (QED) is 0.806. The third kappa shape index (κ3) is 4.68. The molecule has 0 radical (unpaired) electrons. The summed E-state index contributed by atoms with van der Waals surface area (Å²) in [6.07, 6.45) is 1.79. The van der Waals surface area contributed by atoms with Crippen molar-refractivity contribution in [2.45, 2.75) is 43.2 Å². The molecule has 2 aromatic rings. The molecule has 0 saturated heterocycles. The molecule has 1 N–H and O–H groups in total. The molecule has 0 aliphatic rings. The third-order valence-corrected chi connectivity index (χ3v) is 3.98. The zero-order valence-corrected chi connectivity index (χ0v) is 15.0. The van der Waals surface area contributed by atoms with Crippen LogP contribution in [0, 0.1) is 0 Å². The van der Waals surface area contributed by atoms with Gasteiger partial charge in [0.25, 0.3) is 0 Å². The van der Waals surface area contributed by atoms with E-state index in [0.29, 0.717) is 0 Å². The summed E-state index contributed by atoms with van der Waals surface area (Å²) in [5.74, 6) is 1.69. The van der Waals surface area contributed by atoms with Crippen LogP contribution in [0.1, 0.15) is 33.5 Å². The van der Waals surface area contributed by atoms with Gasteiger partial charge in [0, 0.05) is 28.7 Å². The summed E-state index contributed by atoms with van der Waals surface area (Å²) in [5, 5.41) is 5.08. The molecule has 0 unspecified atom stereocenters. The Morgan fingerprint density at radius 2 is 1.95 bits per heavy atom. The van der Waals surface area contributed by atoms with Crippen molar-refractivity contribution in [3.63, 3.8) is 0 Å². The summed E-state index contributed by atoms with van der Waals surface area (Å²) in [7, 11) is 0. The number of hydrogen-bond donors (Lipinski definition) is 1. The summed E-state index contributed by atoms with van der Waals surface area (Å²) in [6.45, 7) is 9.24. The number of rotatable bonds is 4. The molecule has 0 aliphatic carbocycles. The first kappa shape index (κ1) is 16.2. The Labute approximate surface area is 138 Å². The monoisotopic (exact) mass is 366 g/mol. The van der Waals surface area contributed by atoms with Crippen LogP contribution >= 0.6 is 27.7 Å². The van der Waals surface area contributed by atoms with Gasteiger partial charge in [-0.05, 0) is 46.7 Å². The molecule has 0 atom stereocenters. The summed E-state index contributed by atoms with van der Waals surface area (Å²) >= 11 is 4.94. The Morgan fingerprint density at radius 3 is 2.52 bits per heavy atom. The number of halogens is 1. The van der Waals surface area contributed by atoms with E-state index >= 15 is 0 Å². The van der Waals surface area contributed by atoms with Gasteiger partial charge in [0.15, 0.2) is 0 Å². The van der Waals surface area contributed by atoms with Crippen LogP contribution in [0.3, 0.4) is 0 Å². The van der Waals surface area contributed by atoms with Gasteiger partial charge >= 0.3 is 0 Å². The molecule has 0 fully saturated rings. The topological polar surface area (TPSA) is 50.7 Å². The molecule has 6 heteroatoms. The second-order valence-corrected chi connectivity index (χ2v) is 7.57. The molecule has 2 heterocycles. The van der Waals surface area contributed by atoms with E-state index in [-0.39, 0.29) is 5.41 Å². The number of nitrogens with zero attached hydrogens (tertiary/aromatic N) is 3. The Bertz CT molecular complexity index is 608. The van der Waals surface area contributed by atoms with E-state index in [1.54, 1.807) is 18.0 Å². The number of hydrogen-bond acceptors (Lipinski definition) is 5. The maximum absolute atomic E-state index is 4.66. The second-order valence-electron chi connectivity index (χ2n) is 5.61. The van der Waals surface area contributed by atoms with Crippen LogP contribution in [0.5, 0.6) is 0 Å². The van der Waals surface area contributed by atoms with Gasteiger partial charge in [0.1, 0.15) is 21.7 Å². The third-order valence-electron chi connectivity index (χ3n) is 2.64. The summed E-state index contributed by atoms with van der Waals surface area (Å²) < 4.78 is 0.971. The van der Waals surface area contributed by atoms with Crippen LogP contribution in [0.25, 0.3) is 0 Å². The lowest BCUT2D eigenvalue weighted by molar-refractivity contribution is 0.539. The highest BCUT2D eigenvalue weighted by Gasteiger charge is 2.19. The van der Waals surface area contributed by atoms with Crippen molar-refractivity contribution in [1.82, 2.24) is 15.0 Å². The molecule has 2 rings (SSSR count). The molecule has 0 aromatic carbocycles. The maximum Gasteiger partial charge on any atom is 0.137 e. The SMILES string of the molecule is CCNc1cc(Sc2ccc(Br)cn2)nc(C(C)(C)C)n1. The Morgan fingerprint density at radius 1 is 1.19 bits per heavy atom. The predicted molar refractivity (Wildman–Crippen MR) is 91.0 cm³/mol. The number of anilines is 1. The van der Waals surface area contributed by atoms with Crippen LogP contribution in [-0.4, -0.2) is 21.5 Å². The summed E-state index contributed by atoms with van der Waals surface area (Å²) in [5.41, 5.74) is -0.0894. The first-order valence-corrected chi connectivity index (χ1v) is 8.42. The fourth-order valence-electron chi connectivity index (χ4n) is 1.61. The van der Waals surface area contributed by atoms with Crippen LogP contribution in [-0.2, 0) is 5.41 Å². The average Bonchev–Trinajstić information content (AvgIpc) is 2.41. The van der Waals surface area contributed by atoms with Crippen molar-refractivity contribution < 1.29 is 0 Å². The fraction of sp³-hybridized carbons (Fsp3) is 0.400. The van der Waals surface area contributed by atoms with Crippen molar-refractivity contribution in [2.24, 2.45) is 0 Å². The molecular weight excluding hydrogens is 348 g/mol. The van der Waals surface area contributed by atoms with Crippen molar-refractivity contribution in [3.05, 3.63) is 34.7 Å². The van der Waals surface area contributed by atoms with Gasteiger partial charge in [-0.2, -0.15) is 0 Å². The van der Waals surface area contributed by atoms with E-state index in [0.717, 1.165) is 32.7 Å². The van der Waals surface area contributed by atoms with Crippen LogP contribution in [0.15, 0.2) is 38.9 Å². The largest absolute Gasteiger partial charge is 0.370 e. The normalized spacial score (nSPS) is 11.5. The zero-order chi connectivity index (χ0) is 15.5. The van der Waals surface area contributed by atoms with Crippen LogP contribution in [0.2, 0.25) is 0 Å². The van der Waals surface area contributed by atoms with E-state index < -0.39 is 0 Å². The van der Waals surface area contributed by atoms with Gasteiger partial charge < -0.3 is 5.32 Å². The molecular formula is C15H19BrN4S. The van der Waals surface area contributed by atoms with Gasteiger partial charge in [-0.25, -0.2) is 15.0 Å². The zero-order valence-electron chi connectivity index (χ0n) is 12.6. The first-order chi connectivity index (χ1) is 9.88. The molecule has 112 valence electrons. The highest BCUT2D eigenvalue weighted by Crippen LogP contribution is 2.29. The summed E-state index contributed by atoms with van der Waals surface area (Å²) in [4.78, 5) is 13.6. The Balaban J connectivity index is 2.33. The standard InChI is InChI=1S/C15H19BrN4S/c1-5-17-11-8-13(20-14(19-11)15(2,3)4)21-12-7-6-10(16)9-18-12/h6-9H,5H2,1-4H3,(H,17,19,20). The molecule has 0 bridgehead atoms. The van der Waals surface area contributed by atoms with E-state index in [1.165, 1.54) is 0 Å².